The van der Waals surface area contributed by atoms with Gasteiger partial charge < -0.3 is 14.6 Å². The molecular weight excluding hydrogens is 478 g/mol. The van der Waals surface area contributed by atoms with Gasteiger partial charge in [-0.2, -0.15) is 0 Å². The predicted molar refractivity (Wildman–Crippen MR) is 148 cm³/mol. The molecule has 1 unspecified atom stereocenters. The smallest absolute Gasteiger partial charge is 0.300 e. The zero-order chi connectivity index (χ0) is 27.0. The number of aliphatic hydroxyl groups excluding tert-OH is 1. The highest BCUT2D eigenvalue weighted by molar-refractivity contribution is 6.51. The molecule has 38 heavy (non-hydrogen) atoms. The molecule has 1 saturated heterocycles. The molecule has 0 radical (unpaired) electrons. The largest absolute Gasteiger partial charge is 0.507 e. The van der Waals surface area contributed by atoms with Gasteiger partial charge in [-0.25, -0.2) is 0 Å². The maximum Gasteiger partial charge on any atom is 0.300 e. The fraction of sp³-hybridized carbons (Fsp3) is 0.312. The van der Waals surface area contributed by atoms with E-state index in [2.05, 4.69) is 20.8 Å². The summed E-state index contributed by atoms with van der Waals surface area (Å²) in [5.41, 5.74) is 3.87. The number of nitrogens with zero attached hydrogens (tertiary/aromatic N) is 1. The first-order valence-electron chi connectivity index (χ1n) is 13.1. The Kier molecular flexibility index (Phi) is 6.74. The number of hydrogen-bond donors (Lipinski definition) is 1. The molecule has 6 heteroatoms. The van der Waals surface area contributed by atoms with Crippen LogP contribution in [-0.4, -0.2) is 30.0 Å². The zero-order valence-corrected chi connectivity index (χ0v) is 22.3. The van der Waals surface area contributed by atoms with E-state index in [-0.39, 0.29) is 16.7 Å². The van der Waals surface area contributed by atoms with Crippen molar-refractivity contribution in [3.63, 3.8) is 0 Å². The zero-order valence-electron chi connectivity index (χ0n) is 22.3. The average Bonchev–Trinajstić information content (AvgIpc) is 3.18. The average molecular weight is 512 g/mol. The van der Waals surface area contributed by atoms with Gasteiger partial charge in [-0.3, -0.25) is 14.5 Å². The summed E-state index contributed by atoms with van der Waals surface area (Å²) in [4.78, 5) is 28.5. The van der Waals surface area contributed by atoms with Crippen molar-refractivity contribution in [3.05, 3.63) is 94.6 Å². The van der Waals surface area contributed by atoms with E-state index in [0.29, 0.717) is 30.2 Å². The maximum absolute atomic E-state index is 13.5. The van der Waals surface area contributed by atoms with Gasteiger partial charge in [0.1, 0.15) is 17.3 Å². The van der Waals surface area contributed by atoms with Crippen molar-refractivity contribution in [2.75, 3.05) is 18.1 Å². The van der Waals surface area contributed by atoms with Gasteiger partial charge in [-0.05, 0) is 72.2 Å². The number of ketones is 1. The van der Waals surface area contributed by atoms with Crippen molar-refractivity contribution in [3.8, 4) is 11.5 Å². The van der Waals surface area contributed by atoms with E-state index >= 15 is 0 Å². The van der Waals surface area contributed by atoms with Gasteiger partial charge in [0.25, 0.3) is 11.7 Å². The molecule has 0 aromatic heterocycles. The van der Waals surface area contributed by atoms with Crippen LogP contribution in [0.25, 0.3) is 5.76 Å². The number of rotatable bonds is 5. The first kappa shape index (κ1) is 25.6. The van der Waals surface area contributed by atoms with Crippen molar-refractivity contribution in [2.45, 2.75) is 52.0 Å². The Morgan fingerprint density at radius 2 is 1.82 bits per heavy atom. The second kappa shape index (κ2) is 10.0. The molecule has 0 aliphatic carbocycles. The first-order chi connectivity index (χ1) is 18.2. The minimum atomic E-state index is -0.798. The summed E-state index contributed by atoms with van der Waals surface area (Å²) in [5.74, 6) is -0.210. The lowest BCUT2D eigenvalue weighted by Crippen LogP contribution is -2.29. The summed E-state index contributed by atoms with van der Waals surface area (Å²) in [6.07, 6.45) is 1.71. The third-order valence-electron chi connectivity index (χ3n) is 7.13. The molecule has 196 valence electrons. The number of carbonyl (C=O) groups excluding carboxylic acids is 2. The van der Waals surface area contributed by atoms with E-state index in [1.807, 2.05) is 49.4 Å². The number of hydrogen-bond acceptors (Lipinski definition) is 5. The minimum absolute atomic E-state index is 0.0582. The molecule has 1 fully saturated rings. The standard InChI is InChI=1S/C32H33NO5/c1-5-37-25-10-6-9-24(19-25)33-28(20-11-14-23(15-12-20)32(2,3)4)27(30(35)31(33)36)29(34)22-13-16-26-21(18-22)8-7-17-38-26/h6,9-16,18-19,28,34H,5,7-8,17H2,1-4H3/b29-27-. The van der Waals surface area contributed by atoms with E-state index in [9.17, 15) is 14.7 Å². The highest BCUT2D eigenvalue weighted by Gasteiger charge is 2.47. The van der Waals surface area contributed by atoms with Crippen LogP contribution in [0.4, 0.5) is 5.69 Å². The Hall–Kier alpha value is -4.06. The minimum Gasteiger partial charge on any atom is -0.507 e. The highest BCUT2D eigenvalue weighted by Crippen LogP contribution is 2.43. The van der Waals surface area contributed by atoms with Crippen molar-refractivity contribution >= 4 is 23.1 Å². The lowest BCUT2D eigenvalue weighted by molar-refractivity contribution is -0.132. The van der Waals surface area contributed by atoms with Crippen LogP contribution in [0.3, 0.4) is 0 Å². The number of benzene rings is 3. The SMILES string of the molecule is CCOc1cccc(N2C(=O)C(=O)/C(=C(\O)c3ccc4c(c3)CCCO4)C2c2ccc(C(C)(C)C)cc2)c1. The number of ether oxygens (including phenoxy) is 2. The number of carbonyl (C=O) groups is 2. The van der Waals surface area contributed by atoms with E-state index < -0.39 is 17.7 Å². The molecule has 2 aliphatic heterocycles. The lowest BCUT2D eigenvalue weighted by Gasteiger charge is -2.27. The van der Waals surface area contributed by atoms with Gasteiger partial charge in [0.05, 0.1) is 24.8 Å². The van der Waals surface area contributed by atoms with Gasteiger partial charge in [0, 0.05) is 17.3 Å². The quantitative estimate of drug-likeness (QED) is 0.246. The summed E-state index contributed by atoms with van der Waals surface area (Å²) in [6, 6.07) is 19.7. The van der Waals surface area contributed by atoms with Crippen LogP contribution < -0.4 is 14.4 Å². The van der Waals surface area contributed by atoms with Crippen LogP contribution in [0.1, 0.15) is 62.4 Å². The summed E-state index contributed by atoms with van der Waals surface area (Å²) in [6.45, 7) is 9.42. The molecule has 1 atom stereocenters. The molecule has 5 rings (SSSR count). The molecule has 2 aliphatic rings. The second-order valence-electron chi connectivity index (χ2n) is 10.7. The van der Waals surface area contributed by atoms with E-state index in [0.717, 1.165) is 35.3 Å². The highest BCUT2D eigenvalue weighted by atomic mass is 16.5. The molecule has 1 amide bonds. The number of aryl methyl sites for hydroxylation is 1. The Labute approximate surface area is 223 Å². The molecule has 3 aromatic carbocycles. The van der Waals surface area contributed by atoms with Gasteiger partial charge in [-0.15, -0.1) is 0 Å². The molecule has 1 N–H and O–H groups in total. The number of fused-ring (bicyclic) bond motifs is 1. The summed E-state index contributed by atoms with van der Waals surface area (Å²) < 4.78 is 11.4. The van der Waals surface area contributed by atoms with Crippen LogP contribution in [0.15, 0.2) is 72.3 Å². The van der Waals surface area contributed by atoms with Gasteiger partial charge in [-0.1, -0.05) is 51.1 Å². The molecule has 3 aromatic rings. The van der Waals surface area contributed by atoms with Crippen LogP contribution in [0.2, 0.25) is 0 Å². The van der Waals surface area contributed by atoms with Crippen molar-refractivity contribution in [2.24, 2.45) is 0 Å². The Bertz CT molecular complexity index is 1410. The number of Topliss-reactive ketones (excluding diaryl/α,β-unsaturated/α-hetero) is 1. The predicted octanol–water partition coefficient (Wildman–Crippen LogP) is 6.33. The third-order valence-corrected chi connectivity index (χ3v) is 7.13. The number of aliphatic hydroxyl groups is 1. The van der Waals surface area contributed by atoms with Crippen LogP contribution in [-0.2, 0) is 21.4 Å². The van der Waals surface area contributed by atoms with E-state index in [1.54, 1.807) is 24.3 Å². The molecular formula is C32H33NO5. The maximum atomic E-state index is 13.5. The van der Waals surface area contributed by atoms with E-state index in [4.69, 9.17) is 9.47 Å². The van der Waals surface area contributed by atoms with E-state index in [1.165, 1.54) is 4.90 Å². The van der Waals surface area contributed by atoms with Crippen LogP contribution >= 0.6 is 0 Å². The first-order valence-corrected chi connectivity index (χ1v) is 13.1. The summed E-state index contributed by atoms with van der Waals surface area (Å²) >= 11 is 0. The van der Waals surface area contributed by atoms with Crippen LogP contribution in [0, 0.1) is 0 Å². The Morgan fingerprint density at radius 1 is 1.05 bits per heavy atom. The number of anilines is 1. The summed E-state index contributed by atoms with van der Waals surface area (Å²) in [5, 5.41) is 11.5. The third kappa shape index (κ3) is 4.67. The Balaban J connectivity index is 1.67. The fourth-order valence-corrected chi connectivity index (χ4v) is 5.13. The molecule has 0 bridgehead atoms. The number of amides is 1. The lowest BCUT2D eigenvalue weighted by atomic mass is 9.85. The fourth-order valence-electron chi connectivity index (χ4n) is 5.13. The molecule has 6 nitrogen and oxygen atoms in total. The normalized spacial score (nSPS) is 18.7. The van der Waals surface area contributed by atoms with Crippen molar-refractivity contribution in [1.82, 2.24) is 0 Å². The van der Waals surface area contributed by atoms with Crippen molar-refractivity contribution < 1.29 is 24.2 Å². The van der Waals surface area contributed by atoms with Crippen LogP contribution in [0.5, 0.6) is 11.5 Å². The molecule has 0 spiro atoms. The molecule has 0 saturated carbocycles. The summed E-state index contributed by atoms with van der Waals surface area (Å²) in [7, 11) is 0. The Morgan fingerprint density at radius 3 is 2.53 bits per heavy atom. The topological polar surface area (TPSA) is 76.1 Å². The monoisotopic (exact) mass is 511 g/mol. The van der Waals surface area contributed by atoms with Gasteiger partial charge >= 0.3 is 0 Å². The van der Waals surface area contributed by atoms with Gasteiger partial charge in [0.15, 0.2) is 0 Å². The van der Waals surface area contributed by atoms with Crippen molar-refractivity contribution in [1.29, 1.82) is 0 Å². The van der Waals surface area contributed by atoms with Gasteiger partial charge in [0.2, 0.25) is 0 Å². The molecule has 2 heterocycles. The second-order valence-corrected chi connectivity index (χ2v) is 10.7.